The molecule has 0 saturated carbocycles. The van der Waals surface area contributed by atoms with Gasteiger partial charge in [-0.2, -0.15) is 0 Å². The number of aliphatic hydroxyl groups excluding tert-OH is 1. The fourth-order valence-electron chi connectivity index (χ4n) is 1.87. The predicted octanol–water partition coefficient (Wildman–Crippen LogP) is 1.56. The van der Waals surface area contributed by atoms with Gasteiger partial charge in [0, 0.05) is 13.1 Å². The highest BCUT2D eigenvalue weighted by molar-refractivity contribution is 5.70. The standard InChI is InChI=1S/C14H21NO3/c1-2-5-13(16)10-15-9-12-7-4-3-6-11(12)8-14(17)18/h3-4,6-7,13,15-16H,2,5,8-10H2,1H3,(H,17,18). The van der Waals surface area contributed by atoms with E-state index in [1.165, 1.54) is 0 Å². The van der Waals surface area contributed by atoms with Crippen LogP contribution in [0.4, 0.5) is 0 Å². The number of rotatable bonds is 8. The molecule has 1 unspecified atom stereocenters. The van der Waals surface area contributed by atoms with E-state index in [1.807, 2.05) is 31.2 Å². The van der Waals surface area contributed by atoms with E-state index in [1.54, 1.807) is 0 Å². The lowest BCUT2D eigenvalue weighted by Gasteiger charge is -2.12. The first-order valence-corrected chi connectivity index (χ1v) is 6.30. The molecular formula is C14H21NO3. The number of hydrogen-bond acceptors (Lipinski definition) is 3. The van der Waals surface area contributed by atoms with Crippen LogP contribution in [0.5, 0.6) is 0 Å². The van der Waals surface area contributed by atoms with Crippen LogP contribution in [-0.4, -0.2) is 28.8 Å². The van der Waals surface area contributed by atoms with Crippen molar-refractivity contribution in [2.45, 2.75) is 38.8 Å². The number of aliphatic hydroxyl groups is 1. The molecule has 100 valence electrons. The van der Waals surface area contributed by atoms with Gasteiger partial charge in [-0.1, -0.05) is 37.6 Å². The number of carboxylic acids is 1. The Kier molecular flexibility index (Phi) is 6.39. The van der Waals surface area contributed by atoms with E-state index in [0.717, 1.165) is 24.0 Å². The summed E-state index contributed by atoms with van der Waals surface area (Å²) < 4.78 is 0. The largest absolute Gasteiger partial charge is 0.481 e. The minimum Gasteiger partial charge on any atom is -0.481 e. The van der Waals surface area contributed by atoms with Gasteiger partial charge in [0.1, 0.15) is 0 Å². The Labute approximate surface area is 108 Å². The number of benzene rings is 1. The zero-order valence-electron chi connectivity index (χ0n) is 10.7. The molecule has 0 aliphatic rings. The Morgan fingerprint density at radius 3 is 2.61 bits per heavy atom. The molecule has 0 saturated heterocycles. The number of hydrogen-bond donors (Lipinski definition) is 3. The highest BCUT2D eigenvalue weighted by Gasteiger charge is 2.07. The molecule has 0 radical (unpaired) electrons. The van der Waals surface area contributed by atoms with E-state index in [9.17, 15) is 9.90 Å². The maximum atomic E-state index is 10.7. The van der Waals surface area contributed by atoms with Gasteiger partial charge in [0.15, 0.2) is 0 Å². The van der Waals surface area contributed by atoms with E-state index >= 15 is 0 Å². The van der Waals surface area contributed by atoms with Crippen molar-refractivity contribution in [2.24, 2.45) is 0 Å². The number of carbonyl (C=O) groups is 1. The van der Waals surface area contributed by atoms with Crippen molar-refractivity contribution in [3.05, 3.63) is 35.4 Å². The average molecular weight is 251 g/mol. The Morgan fingerprint density at radius 1 is 1.33 bits per heavy atom. The third-order valence-corrected chi connectivity index (χ3v) is 2.78. The Balaban J connectivity index is 2.48. The van der Waals surface area contributed by atoms with Gasteiger partial charge in [-0.05, 0) is 17.5 Å². The summed E-state index contributed by atoms with van der Waals surface area (Å²) in [6.45, 7) is 3.16. The lowest BCUT2D eigenvalue weighted by atomic mass is 10.0. The van der Waals surface area contributed by atoms with Crippen molar-refractivity contribution in [3.63, 3.8) is 0 Å². The lowest BCUT2D eigenvalue weighted by Crippen LogP contribution is -2.26. The fourth-order valence-corrected chi connectivity index (χ4v) is 1.87. The summed E-state index contributed by atoms with van der Waals surface area (Å²) in [6.07, 6.45) is 1.44. The molecule has 0 aliphatic carbocycles. The van der Waals surface area contributed by atoms with E-state index in [-0.39, 0.29) is 12.5 Å². The smallest absolute Gasteiger partial charge is 0.307 e. The second kappa shape index (κ2) is 7.84. The topological polar surface area (TPSA) is 69.6 Å². The molecule has 1 aromatic carbocycles. The molecule has 4 nitrogen and oxygen atoms in total. The molecule has 1 rings (SSSR count). The first-order valence-electron chi connectivity index (χ1n) is 6.30. The van der Waals surface area contributed by atoms with Gasteiger partial charge in [0.05, 0.1) is 12.5 Å². The first-order chi connectivity index (χ1) is 8.63. The van der Waals surface area contributed by atoms with Crippen LogP contribution < -0.4 is 5.32 Å². The van der Waals surface area contributed by atoms with Crippen molar-refractivity contribution >= 4 is 5.97 Å². The summed E-state index contributed by atoms with van der Waals surface area (Å²) >= 11 is 0. The van der Waals surface area contributed by atoms with Gasteiger partial charge in [-0.3, -0.25) is 4.79 Å². The molecule has 0 fully saturated rings. The minimum absolute atomic E-state index is 0.0371. The summed E-state index contributed by atoms with van der Waals surface area (Å²) in [5.74, 6) is -0.825. The predicted molar refractivity (Wildman–Crippen MR) is 70.4 cm³/mol. The second-order valence-electron chi connectivity index (χ2n) is 4.41. The maximum absolute atomic E-state index is 10.7. The number of aliphatic carboxylic acids is 1. The fraction of sp³-hybridized carbons (Fsp3) is 0.500. The maximum Gasteiger partial charge on any atom is 0.307 e. The van der Waals surface area contributed by atoms with Gasteiger partial charge in [-0.15, -0.1) is 0 Å². The third-order valence-electron chi connectivity index (χ3n) is 2.78. The van der Waals surface area contributed by atoms with Gasteiger partial charge in [0.25, 0.3) is 0 Å². The zero-order chi connectivity index (χ0) is 13.4. The van der Waals surface area contributed by atoms with Crippen molar-refractivity contribution in [2.75, 3.05) is 6.54 Å². The van der Waals surface area contributed by atoms with Crippen molar-refractivity contribution in [1.82, 2.24) is 5.32 Å². The van der Waals surface area contributed by atoms with Gasteiger partial charge >= 0.3 is 5.97 Å². The van der Waals surface area contributed by atoms with Crippen molar-refractivity contribution in [1.29, 1.82) is 0 Å². The van der Waals surface area contributed by atoms with Crippen LogP contribution in [0.15, 0.2) is 24.3 Å². The lowest BCUT2D eigenvalue weighted by molar-refractivity contribution is -0.136. The summed E-state index contributed by atoms with van der Waals surface area (Å²) in [5, 5.41) is 21.6. The van der Waals surface area contributed by atoms with Crippen LogP contribution in [-0.2, 0) is 17.8 Å². The molecule has 0 heterocycles. The Bertz CT molecular complexity index is 379. The van der Waals surface area contributed by atoms with Crippen LogP contribution in [0.1, 0.15) is 30.9 Å². The van der Waals surface area contributed by atoms with Crippen molar-refractivity contribution < 1.29 is 15.0 Å². The van der Waals surface area contributed by atoms with Gasteiger partial charge in [0.2, 0.25) is 0 Å². The Hall–Kier alpha value is -1.39. The van der Waals surface area contributed by atoms with Crippen LogP contribution in [0.2, 0.25) is 0 Å². The number of carboxylic acid groups (broad SMARTS) is 1. The summed E-state index contributed by atoms with van der Waals surface area (Å²) in [5.41, 5.74) is 1.80. The molecule has 4 heteroatoms. The summed E-state index contributed by atoms with van der Waals surface area (Å²) in [7, 11) is 0. The Morgan fingerprint density at radius 2 is 2.00 bits per heavy atom. The molecule has 1 atom stereocenters. The highest BCUT2D eigenvalue weighted by Crippen LogP contribution is 2.09. The third kappa shape index (κ3) is 5.29. The molecule has 0 aromatic heterocycles. The molecule has 18 heavy (non-hydrogen) atoms. The zero-order valence-corrected chi connectivity index (χ0v) is 10.7. The second-order valence-corrected chi connectivity index (χ2v) is 4.41. The van der Waals surface area contributed by atoms with Crippen LogP contribution in [0, 0.1) is 0 Å². The van der Waals surface area contributed by atoms with Crippen LogP contribution in [0.3, 0.4) is 0 Å². The van der Waals surface area contributed by atoms with E-state index < -0.39 is 5.97 Å². The van der Waals surface area contributed by atoms with Crippen molar-refractivity contribution in [3.8, 4) is 0 Å². The number of nitrogens with one attached hydrogen (secondary N) is 1. The summed E-state index contributed by atoms with van der Waals surface area (Å²) in [6, 6.07) is 7.48. The van der Waals surface area contributed by atoms with E-state index in [0.29, 0.717) is 13.1 Å². The monoisotopic (exact) mass is 251 g/mol. The molecular weight excluding hydrogens is 230 g/mol. The molecule has 0 amide bonds. The van der Waals surface area contributed by atoms with Gasteiger partial charge < -0.3 is 15.5 Å². The normalized spacial score (nSPS) is 12.3. The minimum atomic E-state index is -0.825. The molecule has 0 aliphatic heterocycles. The van der Waals surface area contributed by atoms with Crippen LogP contribution >= 0.6 is 0 Å². The molecule has 1 aromatic rings. The molecule has 3 N–H and O–H groups in total. The molecule has 0 bridgehead atoms. The van der Waals surface area contributed by atoms with E-state index in [2.05, 4.69) is 5.32 Å². The molecule has 0 spiro atoms. The SMILES string of the molecule is CCCC(O)CNCc1ccccc1CC(=O)O. The average Bonchev–Trinajstić information content (AvgIpc) is 2.31. The highest BCUT2D eigenvalue weighted by atomic mass is 16.4. The van der Waals surface area contributed by atoms with Crippen LogP contribution in [0.25, 0.3) is 0 Å². The first kappa shape index (κ1) is 14.7. The van der Waals surface area contributed by atoms with E-state index in [4.69, 9.17) is 5.11 Å². The summed E-state index contributed by atoms with van der Waals surface area (Å²) in [4.78, 5) is 10.7. The quantitative estimate of drug-likeness (QED) is 0.656. The van der Waals surface area contributed by atoms with Gasteiger partial charge in [-0.25, -0.2) is 0 Å².